The number of carbonyl (C=O) groups is 1. The lowest BCUT2D eigenvalue weighted by molar-refractivity contribution is -0.121. The molecule has 0 spiro atoms. The van der Waals surface area contributed by atoms with Gasteiger partial charge in [0.15, 0.2) is 0 Å². The highest BCUT2D eigenvalue weighted by Crippen LogP contribution is 2.39. The molecule has 0 radical (unpaired) electrons. The molecule has 0 heterocycles. The van der Waals surface area contributed by atoms with Gasteiger partial charge in [-0.05, 0) is 49.9 Å². The van der Waals surface area contributed by atoms with E-state index in [0.717, 1.165) is 43.9 Å². The number of carbonyl (C=O) groups excluding carboxylic acids is 1. The van der Waals surface area contributed by atoms with Crippen LogP contribution in [0.3, 0.4) is 0 Å². The highest BCUT2D eigenvalue weighted by atomic mass is 19.1. The van der Waals surface area contributed by atoms with Crippen molar-refractivity contribution in [2.24, 2.45) is 17.8 Å². The molecule has 92 valence electrons. The van der Waals surface area contributed by atoms with Gasteiger partial charge in [0.05, 0.1) is 6.67 Å². The first-order valence-electron chi connectivity index (χ1n) is 6.87. The fraction of sp³-hybridized carbons (Fsp3) is 0.929. The third kappa shape index (κ3) is 3.05. The standard InChI is InChI=1S/C14H23FO/c15-10-9-11-1-3-12(4-2-11)13-5-7-14(16)8-6-13/h11-13H,1-10H2. The Morgan fingerprint density at radius 2 is 1.50 bits per heavy atom. The number of halogens is 1. The lowest BCUT2D eigenvalue weighted by atomic mass is 9.70. The molecule has 0 saturated heterocycles. The molecule has 1 nitrogen and oxygen atoms in total. The van der Waals surface area contributed by atoms with Gasteiger partial charge in [-0.1, -0.05) is 12.8 Å². The lowest BCUT2D eigenvalue weighted by Gasteiger charge is -2.35. The van der Waals surface area contributed by atoms with Crippen LogP contribution in [-0.4, -0.2) is 12.5 Å². The summed E-state index contributed by atoms with van der Waals surface area (Å²) in [6.45, 7) is -0.146. The summed E-state index contributed by atoms with van der Waals surface area (Å²) >= 11 is 0. The van der Waals surface area contributed by atoms with Gasteiger partial charge < -0.3 is 0 Å². The normalized spacial score (nSPS) is 32.9. The second kappa shape index (κ2) is 5.79. The van der Waals surface area contributed by atoms with E-state index >= 15 is 0 Å². The number of rotatable bonds is 3. The minimum atomic E-state index is -0.146. The highest BCUT2D eigenvalue weighted by molar-refractivity contribution is 5.79. The molecule has 0 aromatic carbocycles. The van der Waals surface area contributed by atoms with Crippen LogP contribution in [0.2, 0.25) is 0 Å². The maximum absolute atomic E-state index is 12.2. The van der Waals surface area contributed by atoms with Gasteiger partial charge in [-0.2, -0.15) is 0 Å². The predicted molar refractivity (Wildman–Crippen MR) is 63.0 cm³/mol. The smallest absolute Gasteiger partial charge is 0.132 e. The van der Waals surface area contributed by atoms with Crippen LogP contribution in [0.25, 0.3) is 0 Å². The Morgan fingerprint density at radius 1 is 0.938 bits per heavy atom. The Morgan fingerprint density at radius 3 is 2.06 bits per heavy atom. The molecular weight excluding hydrogens is 203 g/mol. The Bertz CT molecular complexity index is 221. The van der Waals surface area contributed by atoms with Gasteiger partial charge in [0.25, 0.3) is 0 Å². The first kappa shape index (κ1) is 12.1. The first-order chi connectivity index (χ1) is 7.79. The molecular formula is C14H23FO. The van der Waals surface area contributed by atoms with Crippen molar-refractivity contribution in [3.05, 3.63) is 0 Å². The van der Waals surface area contributed by atoms with Crippen molar-refractivity contribution in [1.29, 1.82) is 0 Å². The van der Waals surface area contributed by atoms with Crippen molar-refractivity contribution >= 4 is 5.78 Å². The van der Waals surface area contributed by atoms with Crippen LogP contribution in [0.1, 0.15) is 57.8 Å². The van der Waals surface area contributed by atoms with Crippen molar-refractivity contribution < 1.29 is 9.18 Å². The van der Waals surface area contributed by atoms with E-state index < -0.39 is 0 Å². The minimum absolute atomic E-state index is 0.146. The molecule has 0 amide bonds. The van der Waals surface area contributed by atoms with Crippen molar-refractivity contribution in [3.8, 4) is 0 Å². The average Bonchev–Trinajstić information content (AvgIpc) is 2.32. The molecule has 2 heteroatoms. The zero-order valence-corrected chi connectivity index (χ0v) is 10.1. The summed E-state index contributed by atoms with van der Waals surface area (Å²) in [6, 6.07) is 0. The van der Waals surface area contributed by atoms with E-state index in [1.54, 1.807) is 0 Å². The van der Waals surface area contributed by atoms with Crippen LogP contribution in [-0.2, 0) is 4.79 Å². The van der Waals surface area contributed by atoms with E-state index in [4.69, 9.17) is 0 Å². The number of Topliss-reactive ketones (excluding diaryl/α,β-unsaturated/α-hetero) is 1. The number of ketones is 1. The molecule has 0 aromatic heterocycles. The van der Waals surface area contributed by atoms with E-state index in [2.05, 4.69) is 0 Å². The van der Waals surface area contributed by atoms with Gasteiger partial charge >= 0.3 is 0 Å². The fourth-order valence-electron chi connectivity index (χ4n) is 3.54. The topological polar surface area (TPSA) is 17.1 Å². The lowest BCUT2D eigenvalue weighted by Crippen LogP contribution is -2.25. The largest absolute Gasteiger partial charge is 0.300 e. The van der Waals surface area contributed by atoms with E-state index in [0.29, 0.717) is 11.7 Å². The summed E-state index contributed by atoms with van der Waals surface area (Å²) in [7, 11) is 0. The molecule has 0 N–H and O–H groups in total. The molecule has 2 saturated carbocycles. The van der Waals surface area contributed by atoms with Crippen molar-refractivity contribution in [2.45, 2.75) is 57.8 Å². The van der Waals surface area contributed by atoms with Crippen LogP contribution >= 0.6 is 0 Å². The maximum atomic E-state index is 12.2. The van der Waals surface area contributed by atoms with Crippen LogP contribution < -0.4 is 0 Å². The molecule has 0 aromatic rings. The van der Waals surface area contributed by atoms with Crippen molar-refractivity contribution in [1.82, 2.24) is 0 Å². The molecule has 0 bridgehead atoms. The first-order valence-corrected chi connectivity index (χ1v) is 6.87. The minimum Gasteiger partial charge on any atom is -0.300 e. The van der Waals surface area contributed by atoms with Crippen LogP contribution in [0.4, 0.5) is 4.39 Å². The third-order valence-corrected chi connectivity index (χ3v) is 4.66. The summed E-state index contributed by atoms with van der Waals surface area (Å²) < 4.78 is 12.2. The third-order valence-electron chi connectivity index (χ3n) is 4.66. The molecule has 2 rings (SSSR count). The van der Waals surface area contributed by atoms with Crippen molar-refractivity contribution in [2.75, 3.05) is 6.67 Å². The van der Waals surface area contributed by atoms with Crippen molar-refractivity contribution in [3.63, 3.8) is 0 Å². The molecule has 2 aliphatic rings. The molecule has 2 aliphatic carbocycles. The maximum Gasteiger partial charge on any atom is 0.132 e. The second-order valence-electron chi connectivity index (χ2n) is 5.63. The van der Waals surface area contributed by atoms with Gasteiger partial charge in [0, 0.05) is 12.8 Å². The summed E-state index contributed by atoms with van der Waals surface area (Å²) in [6.07, 6.45) is 9.65. The molecule has 0 atom stereocenters. The molecule has 16 heavy (non-hydrogen) atoms. The Labute approximate surface area is 97.8 Å². The van der Waals surface area contributed by atoms with Crippen LogP contribution in [0.15, 0.2) is 0 Å². The monoisotopic (exact) mass is 226 g/mol. The second-order valence-corrected chi connectivity index (χ2v) is 5.63. The molecule has 2 fully saturated rings. The molecule has 0 aliphatic heterocycles. The van der Waals surface area contributed by atoms with Gasteiger partial charge in [-0.3, -0.25) is 9.18 Å². The quantitative estimate of drug-likeness (QED) is 0.713. The Balaban J connectivity index is 1.74. The number of hydrogen-bond acceptors (Lipinski definition) is 1. The van der Waals surface area contributed by atoms with E-state index in [-0.39, 0.29) is 6.67 Å². The predicted octanol–water partition coefficient (Wildman–Crippen LogP) is 3.91. The Hall–Kier alpha value is -0.400. The van der Waals surface area contributed by atoms with Crippen LogP contribution in [0, 0.1) is 17.8 Å². The van der Waals surface area contributed by atoms with Crippen LogP contribution in [0.5, 0.6) is 0 Å². The summed E-state index contributed by atoms with van der Waals surface area (Å²) in [5.41, 5.74) is 0. The number of alkyl halides is 1. The fourth-order valence-corrected chi connectivity index (χ4v) is 3.54. The van der Waals surface area contributed by atoms with Gasteiger partial charge in [0.1, 0.15) is 5.78 Å². The van der Waals surface area contributed by atoms with E-state index in [1.807, 2.05) is 0 Å². The van der Waals surface area contributed by atoms with E-state index in [9.17, 15) is 9.18 Å². The zero-order chi connectivity index (χ0) is 11.4. The molecule has 0 unspecified atom stereocenters. The highest BCUT2D eigenvalue weighted by Gasteiger charge is 2.29. The zero-order valence-electron chi connectivity index (χ0n) is 10.1. The summed E-state index contributed by atoms with van der Waals surface area (Å²) in [5.74, 6) is 2.74. The SMILES string of the molecule is O=C1CCC(C2CCC(CCF)CC2)CC1. The summed E-state index contributed by atoms with van der Waals surface area (Å²) in [4.78, 5) is 11.2. The van der Waals surface area contributed by atoms with Gasteiger partial charge in [0.2, 0.25) is 0 Å². The van der Waals surface area contributed by atoms with E-state index in [1.165, 1.54) is 25.7 Å². The summed E-state index contributed by atoms with van der Waals surface area (Å²) in [5, 5.41) is 0. The van der Waals surface area contributed by atoms with Gasteiger partial charge in [-0.15, -0.1) is 0 Å². The van der Waals surface area contributed by atoms with Gasteiger partial charge in [-0.25, -0.2) is 0 Å². The Kier molecular flexibility index (Phi) is 4.37. The number of hydrogen-bond donors (Lipinski definition) is 0. The average molecular weight is 226 g/mol.